The second kappa shape index (κ2) is 17.6. The van der Waals surface area contributed by atoms with Gasteiger partial charge >= 0.3 is 11.9 Å². The van der Waals surface area contributed by atoms with E-state index >= 15 is 0 Å². The molecule has 58 heavy (non-hydrogen) atoms. The van der Waals surface area contributed by atoms with Crippen LogP contribution in [0.4, 0.5) is 0 Å². The molecule has 0 spiro atoms. The summed E-state index contributed by atoms with van der Waals surface area (Å²) in [6, 6.07) is 7.88. The van der Waals surface area contributed by atoms with Crippen LogP contribution in [0.1, 0.15) is 104 Å². The second-order valence-corrected chi connectivity index (χ2v) is 13.9. The Labute approximate surface area is 332 Å². The van der Waals surface area contributed by atoms with E-state index in [9.17, 15) is 39.0 Å². The van der Waals surface area contributed by atoms with Crippen molar-refractivity contribution >= 4 is 86.0 Å². The molecule has 0 aromatic carbocycles. The van der Waals surface area contributed by atoms with Crippen molar-refractivity contribution in [1.82, 2.24) is 30.1 Å². The van der Waals surface area contributed by atoms with Gasteiger partial charge < -0.3 is 20.2 Å². The zero-order valence-corrected chi connectivity index (χ0v) is 32.6. The molecule has 4 aliphatic heterocycles. The van der Waals surface area contributed by atoms with Gasteiger partial charge in [0.2, 0.25) is 0 Å². The SMILES string of the molecule is C=CC1=C(C)c2cc3[nH]c(cc4nc(cc5[nH]c(cc1n2)c(C)c5CCC(=O)O)C(CCC(=O)O)=C4C)c(C)c3C=C.O=C1CCC(=O)N1O.O=C1CCC(=O)N1O. The Morgan fingerprint density at radius 3 is 1.59 bits per heavy atom. The summed E-state index contributed by atoms with van der Waals surface area (Å²) >= 11 is 0. The van der Waals surface area contributed by atoms with E-state index < -0.39 is 35.6 Å². The number of imide groups is 2. The van der Waals surface area contributed by atoms with E-state index in [-0.39, 0.29) is 48.7 Å². The number of aromatic amines is 2. The van der Waals surface area contributed by atoms with E-state index in [0.717, 1.165) is 83.7 Å². The highest BCUT2D eigenvalue weighted by Crippen LogP contribution is 2.36. The molecule has 0 unspecified atom stereocenters. The topological polar surface area (TPSA) is 247 Å². The molecule has 0 aliphatic carbocycles. The summed E-state index contributed by atoms with van der Waals surface area (Å²) in [4.78, 5) is 81.0. The van der Waals surface area contributed by atoms with Gasteiger partial charge in [0, 0.05) is 71.7 Å². The third kappa shape index (κ3) is 8.93. The van der Waals surface area contributed by atoms with Gasteiger partial charge in [0.25, 0.3) is 23.6 Å². The minimum atomic E-state index is -0.883. The molecule has 2 saturated heterocycles. The lowest BCUT2D eigenvalue weighted by Gasteiger charge is -2.03. The van der Waals surface area contributed by atoms with Crippen molar-refractivity contribution in [3.05, 3.63) is 88.5 Å². The van der Waals surface area contributed by atoms with Gasteiger partial charge in [0.1, 0.15) is 0 Å². The summed E-state index contributed by atoms with van der Waals surface area (Å²) in [5.41, 5.74) is 13.7. The summed E-state index contributed by atoms with van der Waals surface area (Å²) in [7, 11) is 0. The highest BCUT2D eigenvalue weighted by Gasteiger charge is 2.28. The van der Waals surface area contributed by atoms with Crippen LogP contribution in [-0.2, 0) is 35.2 Å². The number of hydroxylamine groups is 4. The van der Waals surface area contributed by atoms with Gasteiger partial charge in [-0.3, -0.25) is 39.2 Å². The fraction of sp³-hybridized carbons (Fsp3) is 0.286. The van der Waals surface area contributed by atoms with Crippen LogP contribution in [-0.4, -0.2) is 86.3 Å². The number of H-pyrrole nitrogens is 2. The first-order valence-corrected chi connectivity index (χ1v) is 18.4. The highest BCUT2D eigenvalue weighted by molar-refractivity contribution is 6.01. The molecule has 0 saturated carbocycles. The normalized spacial score (nSPS) is 15.1. The van der Waals surface area contributed by atoms with Gasteiger partial charge in [0.05, 0.1) is 22.8 Å². The lowest BCUT2D eigenvalue weighted by Crippen LogP contribution is -2.24. The van der Waals surface area contributed by atoms with Crippen LogP contribution in [0.5, 0.6) is 0 Å². The Morgan fingerprint density at radius 2 is 1.09 bits per heavy atom. The molecular weight excluding hydrogens is 748 g/mol. The van der Waals surface area contributed by atoms with E-state index in [4.69, 9.17) is 20.4 Å². The maximum atomic E-state index is 11.5. The number of aryl methyl sites for hydroxylation is 3. The number of hydrogen-bond acceptors (Lipinski definition) is 10. The molecule has 3 aromatic heterocycles. The third-order valence-corrected chi connectivity index (χ3v) is 10.3. The molecule has 7 rings (SSSR count). The summed E-state index contributed by atoms with van der Waals surface area (Å²) in [5, 5.41) is 36.0. The average molecular weight is 793 g/mol. The van der Waals surface area contributed by atoms with Crippen molar-refractivity contribution in [3.8, 4) is 0 Å². The number of rotatable bonds is 8. The Morgan fingerprint density at radius 1 is 0.638 bits per heavy atom. The second-order valence-electron chi connectivity index (χ2n) is 13.9. The van der Waals surface area contributed by atoms with Gasteiger partial charge in [0.15, 0.2) is 0 Å². The number of carbonyl (C=O) groups is 6. The number of amides is 4. The number of nitrogens with one attached hydrogen (secondary N) is 2. The molecule has 7 heterocycles. The summed E-state index contributed by atoms with van der Waals surface area (Å²) in [6.45, 7) is 16.0. The summed E-state index contributed by atoms with van der Waals surface area (Å²) in [6.07, 6.45) is 4.81. The van der Waals surface area contributed by atoms with Crippen molar-refractivity contribution in [1.29, 1.82) is 0 Å². The third-order valence-electron chi connectivity index (χ3n) is 10.3. The molecule has 0 atom stereocenters. The lowest BCUT2D eigenvalue weighted by atomic mass is 10.0. The Kier molecular flexibility index (Phi) is 12.8. The zero-order chi connectivity index (χ0) is 42.6. The number of carboxylic acid groups (broad SMARTS) is 2. The number of carbonyl (C=O) groups excluding carboxylic acids is 4. The molecule has 16 nitrogen and oxygen atoms in total. The van der Waals surface area contributed by atoms with E-state index in [1.807, 2.05) is 58.0 Å². The quantitative estimate of drug-likeness (QED) is 0.105. The largest absolute Gasteiger partial charge is 0.481 e. The summed E-state index contributed by atoms with van der Waals surface area (Å²) in [5.74, 6) is -3.78. The van der Waals surface area contributed by atoms with Crippen molar-refractivity contribution in [2.24, 2.45) is 0 Å². The molecular formula is C42H44N6O10. The van der Waals surface area contributed by atoms with Gasteiger partial charge in [-0.2, -0.15) is 10.1 Å². The number of aliphatic carboxylic acids is 2. The number of fused-ring (bicyclic) bond motifs is 8. The predicted molar refractivity (Wildman–Crippen MR) is 214 cm³/mol. The molecule has 16 heteroatoms. The van der Waals surface area contributed by atoms with Crippen LogP contribution in [0.3, 0.4) is 0 Å². The van der Waals surface area contributed by atoms with Crippen molar-refractivity contribution in [2.75, 3.05) is 0 Å². The molecule has 4 aliphatic rings. The number of allylic oxidation sites excluding steroid dienone is 5. The monoisotopic (exact) mass is 792 g/mol. The van der Waals surface area contributed by atoms with Crippen LogP contribution in [0.15, 0.2) is 43.5 Å². The Balaban J connectivity index is 0.000000330. The molecule has 8 bridgehead atoms. The van der Waals surface area contributed by atoms with Crippen molar-refractivity contribution in [3.63, 3.8) is 0 Å². The minimum absolute atomic E-state index is 0.0259. The molecule has 6 N–H and O–H groups in total. The van der Waals surface area contributed by atoms with Crippen molar-refractivity contribution in [2.45, 2.75) is 79.1 Å². The average Bonchev–Trinajstić information content (AvgIpc) is 3.97. The molecule has 4 amide bonds. The number of aromatic nitrogens is 4. The molecule has 302 valence electrons. The number of hydrogen-bond donors (Lipinski definition) is 6. The smallest absolute Gasteiger partial charge is 0.303 e. The van der Waals surface area contributed by atoms with E-state index in [1.54, 1.807) is 6.08 Å². The molecule has 3 aromatic rings. The fourth-order valence-electron chi connectivity index (χ4n) is 6.90. The van der Waals surface area contributed by atoms with E-state index in [2.05, 4.69) is 23.1 Å². The fourth-order valence-corrected chi connectivity index (χ4v) is 6.90. The van der Waals surface area contributed by atoms with Gasteiger partial charge in [-0.05, 0) is 98.2 Å². The van der Waals surface area contributed by atoms with Crippen LogP contribution in [0.25, 0.3) is 50.4 Å². The van der Waals surface area contributed by atoms with Crippen LogP contribution in [0.2, 0.25) is 0 Å². The van der Waals surface area contributed by atoms with Crippen LogP contribution in [0, 0.1) is 13.8 Å². The lowest BCUT2D eigenvalue weighted by molar-refractivity contribution is -0.172. The Bertz CT molecular complexity index is 2460. The summed E-state index contributed by atoms with van der Waals surface area (Å²) < 4.78 is 0. The predicted octanol–water partition coefficient (Wildman–Crippen LogP) is 6.55. The molecule has 0 radical (unpaired) electrons. The minimum Gasteiger partial charge on any atom is -0.481 e. The van der Waals surface area contributed by atoms with Crippen LogP contribution >= 0.6 is 0 Å². The van der Waals surface area contributed by atoms with Crippen molar-refractivity contribution < 1.29 is 49.4 Å². The number of carboxylic acids is 2. The molecule has 2 fully saturated rings. The first-order chi connectivity index (χ1) is 27.4. The van der Waals surface area contributed by atoms with E-state index in [1.165, 1.54) is 0 Å². The zero-order valence-electron chi connectivity index (χ0n) is 32.6. The first kappa shape index (κ1) is 42.4. The highest BCUT2D eigenvalue weighted by atomic mass is 16.5. The first-order valence-electron chi connectivity index (χ1n) is 18.4. The van der Waals surface area contributed by atoms with Gasteiger partial charge in [-0.15, -0.1) is 0 Å². The maximum Gasteiger partial charge on any atom is 0.303 e. The van der Waals surface area contributed by atoms with Crippen LogP contribution < -0.4 is 0 Å². The van der Waals surface area contributed by atoms with E-state index in [0.29, 0.717) is 18.5 Å². The maximum absolute atomic E-state index is 11.5. The number of nitrogens with zero attached hydrogens (tertiary/aromatic N) is 4. The Hall–Kier alpha value is -6.78. The standard InChI is InChI=1S/C34H34N4O4.2C4H5NO3/c1-7-21-17(3)25-13-26-19(5)23(9-11-33(39)40)31(37-26)16-32-24(10-12-34(41)42)20(6)28(38-32)15-30-22(8-2)18(4)27(36-30)14-29(21)35-25;2*6-3-1-2-4(7)5(3)8/h7-8,13-16,35,38H,1-2,9-12H2,3-6H3,(H,39,40)(H,41,42);2*8H,1-2H2. The van der Waals surface area contributed by atoms with Gasteiger partial charge in [-0.25, -0.2) is 9.97 Å². The van der Waals surface area contributed by atoms with Gasteiger partial charge in [-0.1, -0.05) is 25.3 Å².